The van der Waals surface area contributed by atoms with Gasteiger partial charge in [0.15, 0.2) is 0 Å². The minimum Gasteiger partial charge on any atom is -0.385 e. The van der Waals surface area contributed by atoms with Gasteiger partial charge in [-0.05, 0) is 45.2 Å². The first-order chi connectivity index (χ1) is 8.16. The van der Waals surface area contributed by atoms with E-state index in [2.05, 4.69) is 11.8 Å². The highest BCUT2D eigenvalue weighted by Gasteiger charge is 2.33. The van der Waals surface area contributed by atoms with Crippen LogP contribution >= 0.6 is 0 Å². The van der Waals surface area contributed by atoms with Gasteiger partial charge in [0, 0.05) is 39.5 Å². The van der Waals surface area contributed by atoms with E-state index < -0.39 is 0 Å². The van der Waals surface area contributed by atoms with Gasteiger partial charge in [0.1, 0.15) is 0 Å². The number of likely N-dealkylation sites (tertiary alicyclic amines) is 1. The van der Waals surface area contributed by atoms with Crippen molar-refractivity contribution in [3.05, 3.63) is 0 Å². The lowest BCUT2D eigenvalue weighted by atomic mass is 9.89. The van der Waals surface area contributed by atoms with Gasteiger partial charge in [-0.25, -0.2) is 0 Å². The highest BCUT2D eigenvalue weighted by atomic mass is 16.5. The van der Waals surface area contributed by atoms with Crippen LogP contribution in [0.4, 0.5) is 0 Å². The Bertz CT molecular complexity index is 206. The molecule has 1 atom stereocenters. The van der Waals surface area contributed by atoms with E-state index in [1.165, 1.54) is 12.8 Å². The van der Waals surface area contributed by atoms with Crippen LogP contribution in [0.25, 0.3) is 0 Å². The van der Waals surface area contributed by atoms with Crippen molar-refractivity contribution in [1.29, 1.82) is 0 Å². The van der Waals surface area contributed by atoms with Crippen LogP contribution < -0.4 is 5.73 Å². The first-order valence-electron chi connectivity index (χ1n) is 6.59. The van der Waals surface area contributed by atoms with Crippen molar-refractivity contribution < 1.29 is 9.47 Å². The summed E-state index contributed by atoms with van der Waals surface area (Å²) in [6.07, 6.45) is 3.45. The van der Waals surface area contributed by atoms with Crippen LogP contribution in [0.3, 0.4) is 0 Å². The molecule has 1 fully saturated rings. The van der Waals surface area contributed by atoms with Gasteiger partial charge in [-0.3, -0.25) is 4.90 Å². The predicted molar refractivity (Wildman–Crippen MR) is 70.1 cm³/mol. The predicted octanol–water partition coefficient (Wildman–Crippen LogP) is 1.10. The van der Waals surface area contributed by atoms with E-state index in [-0.39, 0.29) is 5.54 Å². The van der Waals surface area contributed by atoms with E-state index >= 15 is 0 Å². The van der Waals surface area contributed by atoms with Crippen LogP contribution in [0.15, 0.2) is 0 Å². The van der Waals surface area contributed by atoms with Crippen LogP contribution in [-0.4, -0.2) is 57.5 Å². The second kappa shape index (κ2) is 7.31. The molecule has 4 nitrogen and oxygen atoms in total. The maximum atomic E-state index is 5.95. The Morgan fingerprint density at radius 3 is 2.35 bits per heavy atom. The first kappa shape index (κ1) is 14.9. The minimum absolute atomic E-state index is 0.0913. The average molecular weight is 244 g/mol. The Morgan fingerprint density at radius 2 is 1.88 bits per heavy atom. The van der Waals surface area contributed by atoms with Crippen LogP contribution in [-0.2, 0) is 9.47 Å². The third-order valence-corrected chi connectivity index (χ3v) is 4.06. The Kier molecular flexibility index (Phi) is 6.41. The highest BCUT2D eigenvalue weighted by Crippen LogP contribution is 2.26. The van der Waals surface area contributed by atoms with Gasteiger partial charge in [-0.2, -0.15) is 0 Å². The molecule has 2 N–H and O–H groups in total. The number of nitrogens with zero attached hydrogens (tertiary/aromatic N) is 1. The molecule has 0 radical (unpaired) electrons. The van der Waals surface area contributed by atoms with E-state index in [1.807, 2.05) is 0 Å². The Balaban J connectivity index is 2.43. The molecule has 0 saturated carbocycles. The van der Waals surface area contributed by atoms with Crippen molar-refractivity contribution in [2.45, 2.75) is 31.7 Å². The molecule has 1 aliphatic heterocycles. The number of rotatable bonds is 7. The minimum atomic E-state index is 0.0913. The SMILES string of the molecule is COCCC(C)(CN)N1CCC(COC)CC1. The van der Waals surface area contributed by atoms with Gasteiger partial charge in [-0.1, -0.05) is 0 Å². The maximum absolute atomic E-state index is 5.95. The molecule has 0 aromatic heterocycles. The fraction of sp³-hybridized carbons (Fsp3) is 1.00. The maximum Gasteiger partial charge on any atom is 0.0491 e. The van der Waals surface area contributed by atoms with Crippen LogP contribution in [0, 0.1) is 5.92 Å². The fourth-order valence-corrected chi connectivity index (χ4v) is 2.59. The summed E-state index contributed by atoms with van der Waals surface area (Å²) in [6.45, 7) is 6.89. The molecule has 1 rings (SSSR count). The molecular formula is C13H28N2O2. The summed E-state index contributed by atoms with van der Waals surface area (Å²) in [6, 6.07) is 0. The smallest absolute Gasteiger partial charge is 0.0491 e. The molecule has 1 unspecified atom stereocenters. The zero-order valence-electron chi connectivity index (χ0n) is 11.6. The topological polar surface area (TPSA) is 47.7 Å². The lowest BCUT2D eigenvalue weighted by Crippen LogP contribution is -2.55. The van der Waals surface area contributed by atoms with Gasteiger partial charge < -0.3 is 15.2 Å². The molecule has 1 heterocycles. The molecule has 1 aliphatic rings. The average Bonchev–Trinajstić information content (AvgIpc) is 2.37. The van der Waals surface area contributed by atoms with E-state index in [4.69, 9.17) is 15.2 Å². The second-order valence-corrected chi connectivity index (χ2v) is 5.33. The van der Waals surface area contributed by atoms with Gasteiger partial charge >= 0.3 is 0 Å². The van der Waals surface area contributed by atoms with Gasteiger partial charge in [0.05, 0.1) is 0 Å². The van der Waals surface area contributed by atoms with Gasteiger partial charge in [0.25, 0.3) is 0 Å². The molecule has 0 spiro atoms. The quantitative estimate of drug-likeness (QED) is 0.728. The van der Waals surface area contributed by atoms with Gasteiger partial charge in [0.2, 0.25) is 0 Å². The van der Waals surface area contributed by atoms with Crippen molar-refractivity contribution in [1.82, 2.24) is 4.90 Å². The van der Waals surface area contributed by atoms with E-state index in [9.17, 15) is 0 Å². The number of hydrogen-bond acceptors (Lipinski definition) is 4. The molecule has 0 aromatic carbocycles. The second-order valence-electron chi connectivity index (χ2n) is 5.33. The Hall–Kier alpha value is -0.160. The standard InChI is InChI=1S/C13H28N2O2/c1-13(11-14,6-9-16-2)15-7-4-12(5-8-15)10-17-3/h12H,4-11,14H2,1-3H3. The highest BCUT2D eigenvalue weighted by molar-refractivity contribution is 4.90. The summed E-state index contributed by atoms with van der Waals surface area (Å²) in [7, 11) is 3.54. The van der Waals surface area contributed by atoms with E-state index in [0.29, 0.717) is 6.54 Å². The number of nitrogens with two attached hydrogens (primary N) is 1. The molecule has 17 heavy (non-hydrogen) atoms. The van der Waals surface area contributed by atoms with Crippen molar-refractivity contribution in [2.75, 3.05) is 47.1 Å². The number of methoxy groups -OCH3 is 2. The molecule has 0 aromatic rings. The summed E-state index contributed by atoms with van der Waals surface area (Å²) in [5.41, 5.74) is 6.04. The van der Waals surface area contributed by atoms with Crippen molar-refractivity contribution >= 4 is 0 Å². The summed E-state index contributed by atoms with van der Waals surface area (Å²) in [5, 5.41) is 0. The van der Waals surface area contributed by atoms with E-state index in [1.54, 1.807) is 14.2 Å². The summed E-state index contributed by atoms with van der Waals surface area (Å²) >= 11 is 0. The number of ether oxygens (including phenoxy) is 2. The zero-order valence-corrected chi connectivity index (χ0v) is 11.6. The zero-order chi connectivity index (χ0) is 12.7. The molecule has 1 saturated heterocycles. The summed E-state index contributed by atoms with van der Waals surface area (Å²) in [5.74, 6) is 0.723. The molecule has 4 heteroatoms. The summed E-state index contributed by atoms with van der Waals surface area (Å²) < 4.78 is 10.4. The third-order valence-electron chi connectivity index (χ3n) is 4.06. The fourth-order valence-electron chi connectivity index (χ4n) is 2.59. The van der Waals surface area contributed by atoms with Crippen molar-refractivity contribution in [3.8, 4) is 0 Å². The largest absolute Gasteiger partial charge is 0.385 e. The van der Waals surface area contributed by atoms with Crippen molar-refractivity contribution in [3.63, 3.8) is 0 Å². The molecule has 0 amide bonds. The third kappa shape index (κ3) is 4.21. The van der Waals surface area contributed by atoms with Gasteiger partial charge in [-0.15, -0.1) is 0 Å². The van der Waals surface area contributed by atoms with E-state index in [0.717, 1.165) is 38.6 Å². The van der Waals surface area contributed by atoms with Crippen molar-refractivity contribution in [2.24, 2.45) is 11.7 Å². The Morgan fingerprint density at radius 1 is 1.24 bits per heavy atom. The Labute approximate surface area is 105 Å². The number of piperidine rings is 1. The van der Waals surface area contributed by atoms with Crippen LogP contribution in [0.5, 0.6) is 0 Å². The lowest BCUT2D eigenvalue weighted by Gasteiger charge is -2.44. The summed E-state index contributed by atoms with van der Waals surface area (Å²) in [4.78, 5) is 2.53. The lowest BCUT2D eigenvalue weighted by molar-refractivity contribution is 0.0247. The monoisotopic (exact) mass is 244 g/mol. The molecule has 102 valence electrons. The first-order valence-corrected chi connectivity index (χ1v) is 6.59. The molecule has 0 aliphatic carbocycles. The molecular weight excluding hydrogens is 216 g/mol. The van der Waals surface area contributed by atoms with Crippen LogP contribution in [0.1, 0.15) is 26.2 Å². The normalized spacial score (nSPS) is 22.6. The molecule has 0 bridgehead atoms. The van der Waals surface area contributed by atoms with Crippen LogP contribution in [0.2, 0.25) is 0 Å². The number of hydrogen-bond donors (Lipinski definition) is 1.